The van der Waals surface area contributed by atoms with E-state index in [-0.39, 0.29) is 11.8 Å². The molecule has 1 aromatic rings. The van der Waals surface area contributed by atoms with Crippen LogP contribution in [-0.2, 0) is 15.3 Å². The fraction of sp³-hybridized carbons (Fsp3) is 0.467. The van der Waals surface area contributed by atoms with Crippen molar-refractivity contribution < 1.29 is 9.59 Å². The maximum atomic E-state index is 12.1. The summed E-state index contributed by atoms with van der Waals surface area (Å²) in [4.78, 5) is 27.0. The van der Waals surface area contributed by atoms with Gasteiger partial charge in [-0.15, -0.1) is 11.8 Å². The van der Waals surface area contributed by atoms with Gasteiger partial charge in [-0.1, -0.05) is 28.1 Å². The highest BCUT2D eigenvalue weighted by molar-refractivity contribution is 9.10. The molecule has 2 amide bonds. The first-order chi connectivity index (χ1) is 10.1. The number of benzene rings is 1. The van der Waals surface area contributed by atoms with E-state index >= 15 is 0 Å². The van der Waals surface area contributed by atoms with E-state index in [0.717, 1.165) is 10.2 Å². The molecule has 1 saturated heterocycles. The number of amides is 2. The van der Waals surface area contributed by atoms with Crippen molar-refractivity contribution in [1.29, 1.82) is 0 Å². The number of hydrogen-bond donors (Lipinski definition) is 0. The van der Waals surface area contributed by atoms with Crippen LogP contribution in [0.1, 0.15) is 12.5 Å². The first kappa shape index (κ1) is 16.4. The summed E-state index contributed by atoms with van der Waals surface area (Å²) in [6.07, 6.45) is 0. The molecule has 6 heteroatoms. The van der Waals surface area contributed by atoms with E-state index in [1.807, 2.05) is 17.0 Å². The maximum absolute atomic E-state index is 12.1. The zero-order chi connectivity index (χ0) is 15.2. The molecular formula is C15H19BrN2O2S. The Hall–Kier alpha value is -1.01. The van der Waals surface area contributed by atoms with Crippen molar-refractivity contribution in [2.75, 3.05) is 31.9 Å². The molecule has 0 bridgehead atoms. The molecule has 114 valence electrons. The van der Waals surface area contributed by atoms with Gasteiger partial charge in [0.15, 0.2) is 0 Å². The number of rotatable bonds is 4. The van der Waals surface area contributed by atoms with Crippen molar-refractivity contribution in [2.45, 2.75) is 12.7 Å². The summed E-state index contributed by atoms with van der Waals surface area (Å²) in [6.45, 7) is 4.18. The molecule has 0 aliphatic carbocycles. The Kier molecular flexibility index (Phi) is 6.11. The average molecular weight is 371 g/mol. The van der Waals surface area contributed by atoms with Crippen molar-refractivity contribution in [3.05, 3.63) is 34.3 Å². The fourth-order valence-corrected chi connectivity index (χ4v) is 3.35. The van der Waals surface area contributed by atoms with Gasteiger partial charge in [0.05, 0.1) is 5.75 Å². The SMILES string of the molecule is CC(=O)N1CCN(C(=O)CSCc2ccc(Br)cc2)CC1. The highest BCUT2D eigenvalue weighted by atomic mass is 79.9. The highest BCUT2D eigenvalue weighted by Gasteiger charge is 2.21. The second-order valence-corrected chi connectivity index (χ2v) is 6.91. The number of halogens is 1. The molecule has 0 unspecified atom stereocenters. The summed E-state index contributed by atoms with van der Waals surface area (Å²) in [5.74, 6) is 1.59. The minimum absolute atomic E-state index is 0.0895. The molecular weight excluding hydrogens is 352 g/mol. The molecule has 0 radical (unpaired) electrons. The minimum atomic E-state index is 0.0895. The number of hydrogen-bond acceptors (Lipinski definition) is 3. The standard InChI is InChI=1S/C15H19BrN2O2S/c1-12(19)17-6-8-18(9-7-17)15(20)11-21-10-13-2-4-14(16)5-3-13/h2-5H,6-11H2,1H3. The quantitative estimate of drug-likeness (QED) is 0.816. The molecule has 1 aliphatic rings. The van der Waals surface area contributed by atoms with Crippen LogP contribution >= 0.6 is 27.7 Å². The lowest BCUT2D eigenvalue weighted by molar-refractivity contribution is -0.136. The molecule has 0 saturated carbocycles. The van der Waals surface area contributed by atoms with Gasteiger partial charge in [-0.05, 0) is 17.7 Å². The number of nitrogens with zero attached hydrogens (tertiary/aromatic N) is 2. The molecule has 0 aromatic heterocycles. The number of piperazine rings is 1. The van der Waals surface area contributed by atoms with Crippen molar-refractivity contribution in [3.63, 3.8) is 0 Å². The van der Waals surface area contributed by atoms with Gasteiger partial charge in [-0.25, -0.2) is 0 Å². The predicted molar refractivity (Wildman–Crippen MR) is 89.1 cm³/mol. The third kappa shape index (κ3) is 5.04. The zero-order valence-electron chi connectivity index (χ0n) is 12.0. The highest BCUT2D eigenvalue weighted by Crippen LogP contribution is 2.16. The molecule has 0 spiro atoms. The van der Waals surface area contributed by atoms with E-state index in [0.29, 0.717) is 31.9 Å². The Balaban J connectivity index is 1.70. The molecule has 1 aromatic carbocycles. The summed E-state index contributed by atoms with van der Waals surface area (Å²) < 4.78 is 1.07. The first-order valence-electron chi connectivity index (χ1n) is 6.92. The molecule has 2 rings (SSSR count). The average Bonchev–Trinajstić information content (AvgIpc) is 2.49. The summed E-state index contributed by atoms with van der Waals surface area (Å²) in [6, 6.07) is 8.15. The van der Waals surface area contributed by atoms with Crippen LogP contribution in [-0.4, -0.2) is 53.5 Å². The Morgan fingerprint density at radius 2 is 1.67 bits per heavy atom. The number of thioether (sulfide) groups is 1. The Morgan fingerprint density at radius 3 is 2.24 bits per heavy atom. The molecule has 1 aliphatic heterocycles. The van der Waals surface area contributed by atoms with Gasteiger partial charge >= 0.3 is 0 Å². The lowest BCUT2D eigenvalue weighted by Crippen LogP contribution is -2.50. The van der Waals surface area contributed by atoms with Crippen LogP contribution in [0, 0.1) is 0 Å². The van der Waals surface area contributed by atoms with Gasteiger partial charge in [-0.2, -0.15) is 0 Å². The van der Waals surface area contributed by atoms with Gasteiger partial charge in [0.25, 0.3) is 0 Å². The van der Waals surface area contributed by atoms with E-state index in [2.05, 4.69) is 28.1 Å². The van der Waals surface area contributed by atoms with E-state index < -0.39 is 0 Å². The molecule has 0 atom stereocenters. The molecule has 4 nitrogen and oxygen atoms in total. The second-order valence-electron chi connectivity index (χ2n) is 5.01. The molecule has 1 heterocycles. The number of carbonyl (C=O) groups excluding carboxylic acids is 2. The van der Waals surface area contributed by atoms with Crippen molar-refractivity contribution >= 4 is 39.5 Å². The zero-order valence-corrected chi connectivity index (χ0v) is 14.5. The predicted octanol–water partition coefficient (Wildman–Crippen LogP) is 2.37. The Bertz CT molecular complexity index is 499. The van der Waals surface area contributed by atoms with Crippen LogP contribution in [0.25, 0.3) is 0 Å². The van der Waals surface area contributed by atoms with Crippen LogP contribution in [0.15, 0.2) is 28.7 Å². The van der Waals surface area contributed by atoms with E-state index in [9.17, 15) is 9.59 Å². The smallest absolute Gasteiger partial charge is 0.232 e. The van der Waals surface area contributed by atoms with Gasteiger partial charge in [0, 0.05) is 43.3 Å². The van der Waals surface area contributed by atoms with Crippen LogP contribution < -0.4 is 0 Å². The van der Waals surface area contributed by atoms with E-state index in [1.54, 1.807) is 23.6 Å². The fourth-order valence-electron chi connectivity index (χ4n) is 2.20. The first-order valence-corrected chi connectivity index (χ1v) is 8.86. The molecule has 0 N–H and O–H groups in total. The molecule has 1 fully saturated rings. The Labute approximate surface area is 138 Å². The van der Waals surface area contributed by atoms with Gasteiger partial charge in [0.2, 0.25) is 11.8 Å². The van der Waals surface area contributed by atoms with Crippen molar-refractivity contribution in [3.8, 4) is 0 Å². The van der Waals surface area contributed by atoms with Crippen LogP contribution in [0.2, 0.25) is 0 Å². The summed E-state index contributed by atoms with van der Waals surface area (Å²) in [5.41, 5.74) is 1.22. The lowest BCUT2D eigenvalue weighted by atomic mass is 10.2. The van der Waals surface area contributed by atoms with Gasteiger partial charge in [-0.3, -0.25) is 9.59 Å². The normalized spacial score (nSPS) is 15.1. The monoisotopic (exact) mass is 370 g/mol. The maximum Gasteiger partial charge on any atom is 0.232 e. The van der Waals surface area contributed by atoms with Gasteiger partial charge < -0.3 is 9.80 Å². The topological polar surface area (TPSA) is 40.6 Å². The van der Waals surface area contributed by atoms with Crippen LogP contribution in [0.4, 0.5) is 0 Å². The molecule has 21 heavy (non-hydrogen) atoms. The van der Waals surface area contributed by atoms with Crippen LogP contribution in [0.5, 0.6) is 0 Å². The van der Waals surface area contributed by atoms with Crippen molar-refractivity contribution in [1.82, 2.24) is 9.80 Å². The lowest BCUT2D eigenvalue weighted by Gasteiger charge is -2.34. The van der Waals surface area contributed by atoms with E-state index in [1.165, 1.54) is 5.56 Å². The van der Waals surface area contributed by atoms with Crippen molar-refractivity contribution in [2.24, 2.45) is 0 Å². The largest absolute Gasteiger partial charge is 0.339 e. The summed E-state index contributed by atoms with van der Waals surface area (Å²) in [5, 5.41) is 0. The summed E-state index contributed by atoms with van der Waals surface area (Å²) >= 11 is 5.04. The number of carbonyl (C=O) groups is 2. The third-order valence-electron chi connectivity index (χ3n) is 3.49. The Morgan fingerprint density at radius 1 is 1.10 bits per heavy atom. The van der Waals surface area contributed by atoms with Crippen LogP contribution in [0.3, 0.4) is 0 Å². The second kappa shape index (κ2) is 7.84. The van der Waals surface area contributed by atoms with E-state index in [4.69, 9.17) is 0 Å². The third-order valence-corrected chi connectivity index (χ3v) is 5.00. The minimum Gasteiger partial charge on any atom is -0.339 e. The summed E-state index contributed by atoms with van der Waals surface area (Å²) in [7, 11) is 0. The van der Waals surface area contributed by atoms with Gasteiger partial charge in [0.1, 0.15) is 0 Å².